The van der Waals surface area contributed by atoms with Crippen molar-refractivity contribution in [1.29, 1.82) is 0 Å². The number of hydrogen-bond donors (Lipinski definition) is 1. The lowest BCUT2D eigenvalue weighted by Gasteiger charge is -1.93. The van der Waals surface area contributed by atoms with E-state index in [1.807, 2.05) is 60.7 Å². The van der Waals surface area contributed by atoms with Gasteiger partial charge in [0.25, 0.3) is 0 Å². The summed E-state index contributed by atoms with van der Waals surface area (Å²) in [5, 5.41) is 13.8. The largest absolute Gasteiger partial charge is 0.507 e. The Kier molecular flexibility index (Phi) is 3.33. The first-order valence-electron chi connectivity index (χ1n) is 6.31. The molecule has 1 aliphatic rings. The molecule has 20 heavy (non-hydrogen) atoms. The molecule has 1 N–H and O–H groups in total. The third kappa shape index (κ3) is 2.62. The molecule has 0 atom stereocenters. The fourth-order valence-electron chi connectivity index (χ4n) is 1.91. The molecule has 3 nitrogen and oxygen atoms in total. The summed E-state index contributed by atoms with van der Waals surface area (Å²) in [5.41, 5.74) is 2.43. The highest BCUT2D eigenvalue weighted by molar-refractivity contribution is 5.61. The van der Waals surface area contributed by atoms with Gasteiger partial charge in [0.1, 0.15) is 11.5 Å². The Labute approximate surface area is 116 Å². The maximum absolute atomic E-state index is 9.87. The van der Waals surface area contributed by atoms with Crippen LogP contribution in [0.25, 0.3) is 17.4 Å². The lowest BCUT2D eigenvalue weighted by atomic mass is 10.1. The van der Waals surface area contributed by atoms with Crippen molar-refractivity contribution in [3.8, 4) is 11.3 Å². The third-order valence-corrected chi connectivity index (χ3v) is 2.96. The number of aliphatic hydroxyl groups is 1. The van der Waals surface area contributed by atoms with Crippen molar-refractivity contribution in [2.45, 2.75) is 0 Å². The first-order valence-corrected chi connectivity index (χ1v) is 6.31. The number of aliphatic hydroxyl groups excluding tert-OH is 1. The molecule has 0 bridgehead atoms. The van der Waals surface area contributed by atoms with Crippen molar-refractivity contribution in [3.63, 3.8) is 0 Å². The number of allylic oxidation sites excluding steroid dienone is 6. The zero-order chi connectivity index (χ0) is 13.8. The highest BCUT2D eigenvalue weighted by atomic mass is 16.5. The summed E-state index contributed by atoms with van der Waals surface area (Å²) in [4.78, 5) is 0. The van der Waals surface area contributed by atoms with E-state index in [1.54, 1.807) is 12.2 Å². The lowest BCUT2D eigenvalue weighted by Crippen LogP contribution is -1.79. The van der Waals surface area contributed by atoms with Crippen molar-refractivity contribution in [1.82, 2.24) is 5.16 Å². The summed E-state index contributed by atoms with van der Waals surface area (Å²) in [6.07, 6.45) is 10.8. The predicted molar refractivity (Wildman–Crippen MR) is 78.9 cm³/mol. The first kappa shape index (κ1) is 12.2. The molecule has 98 valence electrons. The number of nitrogens with zero attached hydrogens (tertiary/aromatic N) is 1. The van der Waals surface area contributed by atoms with Crippen LogP contribution in [0, 0.1) is 0 Å². The summed E-state index contributed by atoms with van der Waals surface area (Å²) >= 11 is 0. The fraction of sp³-hybridized carbons (Fsp3) is 0. The maximum atomic E-state index is 9.87. The molecule has 0 spiro atoms. The molecule has 0 radical (unpaired) electrons. The Morgan fingerprint density at radius 1 is 1.10 bits per heavy atom. The lowest BCUT2D eigenvalue weighted by molar-refractivity contribution is 0.428. The molecule has 0 fully saturated rings. The highest BCUT2D eigenvalue weighted by Gasteiger charge is 2.04. The Morgan fingerprint density at radius 3 is 2.60 bits per heavy atom. The highest BCUT2D eigenvalue weighted by Crippen LogP contribution is 2.20. The topological polar surface area (TPSA) is 46.3 Å². The van der Waals surface area contributed by atoms with Crippen molar-refractivity contribution >= 4 is 6.08 Å². The van der Waals surface area contributed by atoms with Gasteiger partial charge in [0.15, 0.2) is 5.76 Å². The molecule has 0 unspecified atom stereocenters. The monoisotopic (exact) mass is 263 g/mol. The summed E-state index contributed by atoms with van der Waals surface area (Å²) in [5.74, 6) is 0.914. The van der Waals surface area contributed by atoms with Crippen LogP contribution in [0.3, 0.4) is 0 Å². The number of aromatic nitrogens is 1. The third-order valence-electron chi connectivity index (χ3n) is 2.96. The second-order valence-corrected chi connectivity index (χ2v) is 4.37. The van der Waals surface area contributed by atoms with Gasteiger partial charge in [0.05, 0.1) is 0 Å². The van der Waals surface area contributed by atoms with Crippen LogP contribution in [0.1, 0.15) is 5.69 Å². The first-order chi connectivity index (χ1) is 9.83. The molecule has 2 aromatic rings. The van der Waals surface area contributed by atoms with Crippen LogP contribution in [0.15, 0.2) is 82.6 Å². The molecule has 0 aliphatic heterocycles. The molecule has 1 heterocycles. The van der Waals surface area contributed by atoms with Gasteiger partial charge in [-0.05, 0) is 12.2 Å². The van der Waals surface area contributed by atoms with E-state index < -0.39 is 0 Å². The van der Waals surface area contributed by atoms with Gasteiger partial charge >= 0.3 is 0 Å². The molecule has 1 aliphatic carbocycles. The van der Waals surface area contributed by atoms with Crippen LogP contribution in [0.2, 0.25) is 0 Å². The van der Waals surface area contributed by atoms with E-state index >= 15 is 0 Å². The van der Waals surface area contributed by atoms with Crippen LogP contribution >= 0.6 is 0 Å². The molecule has 3 rings (SSSR count). The molecule has 3 heteroatoms. The van der Waals surface area contributed by atoms with Crippen LogP contribution in [-0.2, 0) is 0 Å². The predicted octanol–water partition coefficient (Wildman–Crippen LogP) is 4.29. The average Bonchev–Trinajstić information content (AvgIpc) is 3.17. The summed E-state index contributed by atoms with van der Waals surface area (Å²) in [6, 6.07) is 11.6. The van der Waals surface area contributed by atoms with Gasteiger partial charge < -0.3 is 9.63 Å². The zero-order valence-corrected chi connectivity index (χ0v) is 10.7. The van der Waals surface area contributed by atoms with Gasteiger partial charge in [0, 0.05) is 17.2 Å². The summed E-state index contributed by atoms with van der Waals surface area (Å²) in [7, 11) is 0. The Hall–Kier alpha value is -2.81. The van der Waals surface area contributed by atoms with Crippen molar-refractivity contribution in [3.05, 3.63) is 83.8 Å². The molecule has 1 aromatic carbocycles. The molecule has 0 saturated heterocycles. The second-order valence-electron chi connectivity index (χ2n) is 4.37. The van der Waals surface area contributed by atoms with E-state index in [2.05, 4.69) is 5.16 Å². The Bertz CT molecular complexity index is 704. The number of rotatable bonds is 3. The van der Waals surface area contributed by atoms with E-state index in [0.717, 1.165) is 11.1 Å². The SMILES string of the molecule is OC(/C=C/c1cc(-c2ccccc2)on1)=C1C=CC=C1. The van der Waals surface area contributed by atoms with Gasteiger partial charge in [-0.15, -0.1) is 0 Å². The normalized spacial score (nSPS) is 13.5. The average molecular weight is 263 g/mol. The van der Waals surface area contributed by atoms with E-state index in [1.165, 1.54) is 0 Å². The Morgan fingerprint density at radius 2 is 1.85 bits per heavy atom. The minimum Gasteiger partial charge on any atom is -0.507 e. The van der Waals surface area contributed by atoms with E-state index in [-0.39, 0.29) is 5.76 Å². The minimum absolute atomic E-state index is 0.208. The van der Waals surface area contributed by atoms with Gasteiger partial charge in [0.2, 0.25) is 0 Å². The van der Waals surface area contributed by atoms with Crippen LogP contribution in [0.4, 0.5) is 0 Å². The summed E-state index contributed by atoms with van der Waals surface area (Å²) < 4.78 is 5.28. The van der Waals surface area contributed by atoms with Gasteiger partial charge in [-0.1, -0.05) is 59.8 Å². The van der Waals surface area contributed by atoms with Crippen molar-refractivity contribution in [2.75, 3.05) is 0 Å². The van der Waals surface area contributed by atoms with Crippen LogP contribution < -0.4 is 0 Å². The second kappa shape index (κ2) is 5.45. The van der Waals surface area contributed by atoms with Gasteiger partial charge in [-0.3, -0.25) is 0 Å². The van der Waals surface area contributed by atoms with Crippen LogP contribution in [-0.4, -0.2) is 10.3 Å². The quantitative estimate of drug-likeness (QED) is 0.840. The summed E-state index contributed by atoms with van der Waals surface area (Å²) in [6.45, 7) is 0. The molecular weight excluding hydrogens is 250 g/mol. The number of hydrogen-bond acceptors (Lipinski definition) is 3. The molecular formula is C17H13NO2. The van der Waals surface area contributed by atoms with E-state index in [4.69, 9.17) is 4.52 Å². The fourth-order valence-corrected chi connectivity index (χ4v) is 1.91. The molecule has 0 saturated carbocycles. The van der Waals surface area contributed by atoms with Crippen molar-refractivity contribution in [2.24, 2.45) is 0 Å². The smallest absolute Gasteiger partial charge is 0.167 e. The Balaban J connectivity index is 1.80. The number of benzene rings is 1. The van der Waals surface area contributed by atoms with Crippen LogP contribution in [0.5, 0.6) is 0 Å². The maximum Gasteiger partial charge on any atom is 0.167 e. The zero-order valence-electron chi connectivity index (χ0n) is 10.7. The minimum atomic E-state index is 0.208. The molecule has 0 amide bonds. The standard InChI is InChI=1S/C17H13NO2/c19-16(13-6-4-5-7-13)11-10-15-12-17(20-18-15)14-8-2-1-3-9-14/h1-12,19H/b11-10+. The van der Waals surface area contributed by atoms with Crippen molar-refractivity contribution < 1.29 is 9.63 Å². The van der Waals surface area contributed by atoms with E-state index in [0.29, 0.717) is 11.5 Å². The van der Waals surface area contributed by atoms with Gasteiger partial charge in [-0.2, -0.15) is 0 Å². The molecule has 1 aromatic heterocycles. The van der Waals surface area contributed by atoms with E-state index in [9.17, 15) is 5.11 Å². The van der Waals surface area contributed by atoms with Gasteiger partial charge in [-0.25, -0.2) is 0 Å².